The van der Waals surface area contributed by atoms with Crippen LogP contribution in [0.2, 0.25) is 0 Å². The molecule has 0 saturated carbocycles. The van der Waals surface area contributed by atoms with E-state index < -0.39 is 23.9 Å². The third-order valence-electron chi connectivity index (χ3n) is 5.12. The van der Waals surface area contributed by atoms with Gasteiger partial charge in [-0.1, -0.05) is 35.6 Å². The van der Waals surface area contributed by atoms with Crippen LogP contribution >= 0.6 is 0 Å². The summed E-state index contributed by atoms with van der Waals surface area (Å²) in [4.78, 5) is 39.3. The Morgan fingerprint density at radius 2 is 1.77 bits per heavy atom. The predicted octanol–water partition coefficient (Wildman–Crippen LogP) is 1.31. The zero-order valence-electron chi connectivity index (χ0n) is 17.0. The van der Waals surface area contributed by atoms with Gasteiger partial charge in [-0.25, -0.2) is 4.90 Å². The summed E-state index contributed by atoms with van der Waals surface area (Å²) in [5.74, 6) is -0.465. The maximum Gasteiger partial charge on any atom is 0.263 e. The first kappa shape index (κ1) is 20.3. The Morgan fingerprint density at radius 1 is 1.03 bits per heavy atom. The van der Waals surface area contributed by atoms with Crippen LogP contribution in [-0.4, -0.2) is 55.6 Å². The SMILES string of the molecule is COc1ccc(N2C(=O)[C@H]3N=NN(CC(=O)NCc4ccccc4)[C@H]3C2=O)cc1OC. The molecule has 4 rings (SSSR count). The van der Waals surface area contributed by atoms with Crippen LogP contribution in [-0.2, 0) is 20.9 Å². The molecule has 160 valence electrons. The summed E-state index contributed by atoms with van der Waals surface area (Å²) in [6, 6.07) is 12.3. The Balaban J connectivity index is 1.46. The number of benzene rings is 2. The van der Waals surface area contributed by atoms with Gasteiger partial charge in [-0.3, -0.25) is 19.4 Å². The first-order valence-electron chi connectivity index (χ1n) is 9.61. The second-order valence-electron chi connectivity index (χ2n) is 7.01. The fourth-order valence-corrected chi connectivity index (χ4v) is 3.57. The van der Waals surface area contributed by atoms with Gasteiger partial charge in [-0.15, -0.1) is 0 Å². The van der Waals surface area contributed by atoms with E-state index >= 15 is 0 Å². The number of anilines is 1. The molecule has 2 aliphatic heterocycles. The molecule has 1 N–H and O–H groups in total. The van der Waals surface area contributed by atoms with E-state index in [0.29, 0.717) is 23.7 Å². The molecule has 0 radical (unpaired) electrons. The van der Waals surface area contributed by atoms with E-state index in [0.717, 1.165) is 10.5 Å². The Morgan fingerprint density at radius 3 is 2.48 bits per heavy atom. The van der Waals surface area contributed by atoms with E-state index in [9.17, 15) is 14.4 Å². The number of amides is 3. The molecule has 2 aromatic rings. The summed E-state index contributed by atoms with van der Waals surface area (Å²) in [7, 11) is 2.96. The number of carbonyl (C=O) groups excluding carboxylic acids is 3. The summed E-state index contributed by atoms with van der Waals surface area (Å²) in [6.45, 7) is 0.166. The number of imide groups is 1. The summed E-state index contributed by atoms with van der Waals surface area (Å²) in [5, 5.41) is 11.9. The van der Waals surface area contributed by atoms with E-state index in [4.69, 9.17) is 9.47 Å². The number of methoxy groups -OCH3 is 2. The number of fused-ring (bicyclic) bond motifs is 1. The first-order chi connectivity index (χ1) is 15.0. The molecule has 0 bridgehead atoms. The number of ether oxygens (including phenoxy) is 2. The molecule has 2 aromatic carbocycles. The summed E-state index contributed by atoms with van der Waals surface area (Å²) in [6.07, 6.45) is 0. The molecule has 2 aliphatic rings. The molecule has 2 atom stereocenters. The standard InChI is InChI=1S/C21H21N5O5/c1-30-15-9-8-14(10-16(15)31-2)26-20(28)18-19(21(26)29)25(24-23-18)12-17(27)22-11-13-6-4-3-5-7-13/h3-10,18-19H,11-12H2,1-2H3,(H,22,27)/t18-,19+/m0/s1. The molecule has 10 nitrogen and oxygen atoms in total. The van der Waals surface area contributed by atoms with Gasteiger partial charge in [0, 0.05) is 12.6 Å². The van der Waals surface area contributed by atoms with Crippen molar-refractivity contribution in [2.75, 3.05) is 25.7 Å². The van der Waals surface area contributed by atoms with Crippen LogP contribution in [0.4, 0.5) is 5.69 Å². The van der Waals surface area contributed by atoms with E-state index in [1.807, 2.05) is 30.3 Å². The molecular weight excluding hydrogens is 402 g/mol. The van der Waals surface area contributed by atoms with Crippen molar-refractivity contribution in [2.45, 2.75) is 18.6 Å². The number of nitrogens with one attached hydrogen (secondary N) is 1. The molecule has 31 heavy (non-hydrogen) atoms. The lowest BCUT2D eigenvalue weighted by Gasteiger charge is -2.20. The van der Waals surface area contributed by atoms with Gasteiger partial charge in [0.1, 0.15) is 6.54 Å². The molecule has 1 fully saturated rings. The van der Waals surface area contributed by atoms with Gasteiger partial charge in [-0.2, -0.15) is 5.11 Å². The Bertz CT molecular complexity index is 1040. The zero-order valence-corrected chi connectivity index (χ0v) is 17.0. The Kier molecular flexibility index (Phi) is 5.52. The predicted molar refractivity (Wildman–Crippen MR) is 109 cm³/mol. The third-order valence-corrected chi connectivity index (χ3v) is 5.12. The summed E-state index contributed by atoms with van der Waals surface area (Å²) in [5.41, 5.74) is 1.29. The highest BCUT2D eigenvalue weighted by molar-refractivity contribution is 6.25. The molecule has 2 heterocycles. The lowest BCUT2D eigenvalue weighted by atomic mass is 10.1. The van der Waals surface area contributed by atoms with Crippen LogP contribution in [0, 0.1) is 0 Å². The van der Waals surface area contributed by atoms with E-state index in [1.165, 1.54) is 19.2 Å². The molecule has 0 spiro atoms. The van der Waals surface area contributed by atoms with Gasteiger partial charge in [0.25, 0.3) is 11.8 Å². The summed E-state index contributed by atoms with van der Waals surface area (Å²) >= 11 is 0. The number of carbonyl (C=O) groups is 3. The van der Waals surface area contributed by atoms with Crippen molar-refractivity contribution >= 4 is 23.4 Å². The molecule has 0 aliphatic carbocycles. The van der Waals surface area contributed by atoms with Crippen LogP contribution in [0.25, 0.3) is 0 Å². The topological polar surface area (TPSA) is 113 Å². The van der Waals surface area contributed by atoms with Crippen molar-refractivity contribution in [1.82, 2.24) is 10.3 Å². The van der Waals surface area contributed by atoms with Gasteiger partial charge in [0.05, 0.1) is 19.9 Å². The van der Waals surface area contributed by atoms with Gasteiger partial charge >= 0.3 is 0 Å². The van der Waals surface area contributed by atoms with Gasteiger partial charge < -0.3 is 14.8 Å². The van der Waals surface area contributed by atoms with Crippen LogP contribution in [0.3, 0.4) is 0 Å². The second kappa shape index (κ2) is 8.42. The number of rotatable bonds is 7. The average molecular weight is 423 g/mol. The monoisotopic (exact) mass is 423 g/mol. The Hall–Kier alpha value is -3.95. The van der Waals surface area contributed by atoms with Gasteiger partial charge in [0.15, 0.2) is 23.6 Å². The number of hydrogen-bond donors (Lipinski definition) is 1. The van der Waals surface area contributed by atoms with Crippen LogP contribution in [0.5, 0.6) is 11.5 Å². The fraction of sp³-hybridized carbons (Fsp3) is 0.286. The van der Waals surface area contributed by atoms with E-state index in [1.54, 1.807) is 18.2 Å². The summed E-state index contributed by atoms with van der Waals surface area (Å²) < 4.78 is 10.5. The van der Waals surface area contributed by atoms with Gasteiger partial charge in [-0.05, 0) is 17.7 Å². The van der Waals surface area contributed by atoms with E-state index in [-0.39, 0.29) is 12.5 Å². The zero-order chi connectivity index (χ0) is 22.0. The highest BCUT2D eigenvalue weighted by Crippen LogP contribution is 2.36. The molecular formula is C21H21N5O5. The molecule has 1 saturated heterocycles. The third kappa shape index (κ3) is 3.79. The molecule has 3 amide bonds. The highest BCUT2D eigenvalue weighted by atomic mass is 16.5. The second-order valence-corrected chi connectivity index (χ2v) is 7.01. The Labute approximate surface area is 178 Å². The minimum Gasteiger partial charge on any atom is -0.493 e. The first-order valence-corrected chi connectivity index (χ1v) is 9.61. The molecule has 0 aromatic heterocycles. The minimum atomic E-state index is -0.984. The normalized spacial score (nSPS) is 19.5. The molecule has 0 unspecified atom stereocenters. The van der Waals surface area contributed by atoms with Crippen LogP contribution in [0.1, 0.15) is 5.56 Å². The van der Waals surface area contributed by atoms with Crippen molar-refractivity contribution in [3.8, 4) is 11.5 Å². The van der Waals surface area contributed by atoms with Crippen molar-refractivity contribution in [1.29, 1.82) is 0 Å². The smallest absolute Gasteiger partial charge is 0.263 e. The lowest BCUT2D eigenvalue weighted by molar-refractivity contribution is -0.125. The highest BCUT2D eigenvalue weighted by Gasteiger charge is 2.55. The van der Waals surface area contributed by atoms with Crippen LogP contribution < -0.4 is 19.7 Å². The quantitative estimate of drug-likeness (QED) is 0.672. The van der Waals surface area contributed by atoms with Crippen molar-refractivity contribution in [3.63, 3.8) is 0 Å². The molecule has 10 heteroatoms. The number of hydrogen-bond acceptors (Lipinski definition) is 8. The van der Waals surface area contributed by atoms with Gasteiger partial charge in [0.2, 0.25) is 5.91 Å². The van der Waals surface area contributed by atoms with E-state index in [2.05, 4.69) is 15.7 Å². The largest absolute Gasteiger partial charge is 0.493 e. The maximum atomic E-state index is 13.1. The van der Waals surface area contributed by atoms with Crippen molar-refractivity contribution in [3.05, 3.63) is 54.1 Å². The van der Waals surface area contributed by atoms with Crippen molar-refractivity contribution in [2.24, 2.45) is 10.3 Å². The number of nitrogens with zero attached hydrogens (tertiary/aromatic N) is 4. The van der Waals surface area contributed by atoms with Crippen LogP contribution in [0.15, 0.2) is 58.9 Å². The van der Waals surface area contributed by atoms with Crippen molar-refractivity contribution < 1.29 is 23.9 Å². The lowest BCUT2D eigenvalue weighted by Crippen LogP contribution is -2.44. The fourth-order valence-electron chi connectivity index (χ4n) is 3.57. The minimum absolute atomic E-state index is 0.184. The maximum absolute atomic E-state index is 13.1. The average Bonchev–Trinajstić information content (AvgIpc) is 3.31.